The summed E-state index contributed by atoms with van der Waals surface area (Å²) < 4.78 is 0. The molecule has 0 aromatic carbocycles. The maximum Gasteiger partial charge on any atom is -0.0297 e. The minimum absolute atomic E-state index is 0.734. The maximum absolute atomic E-state index is 2.45. The van der Waals surface area contributed by atoms with E-state index in [-0.39, 0.29) is 0 Å². The first-order valence-electron chi connectivity index (χ1n) is 4.21. The van der Waals surface area contributed by atoms with E-state index in [0.29, 0.717) is 0 Å². The molecule has 0 unspecified atom stereocenters. The molecule has 9 heavy (non-hydrogen) atoms. The Labute approximate surface area is 57.6 Å². The number of fused-ring (bicyclic) bond motifs is 2. The highest BCUT2D eigenvalue weighted by molar-refractivity contribution is 4.99. The van der Waals surface area contributed by atoms with Crippen molar-refractivity contribution in [2.45, 2.75) is 39.5 Å². The lowest BCUT2D eigenvalue weighted by atomic mass is 9.49. The first-order chi connectivity index (χ1) is 4.21. The van der Waals surface area contributed by atoms with Gasteiger partial charge in [0, 0.05) is 0 Å². The van der Waals surface area contributed by atoms with Crippen LogP contribution in [0.1, 0.15) is 39.5 Å². The normalized spacial score (nSPS) is 46.0. The molecule has 0 aromatic heterocycles. The van der Waals surface area contributed by atoms with Crippen LogP contribution in [0.5, 0.6) is 0 Å². The quantitative estimate of drug-likeness (QED) is 0.466. The summed E-state index contributed by atoms with van der Waals surface area (Å²) in [4.78, 5) is 0. The first kappa shape index (κ1) is 5.76. The van der Waals surface area contributed by atoms with Crippen LogP contribution < -0.4 is 0 Å². The summed E-state index contributed by atoms with van der Waals surface area (Å²) in [6.07, 6.45) is 6.10. The predicted molar refractivity (Wildman–Crippen MR) is 39.2 cm³/mol. The summed E-state index contributed by atoms with van der Waals surface area (Å²) in [5.41, 5.74) is 0.734. The minimum Gasteiger partial charge on any atom is -0.0594 e. The lowest BCUT2D eigenvalue weighted by molar-refractivity contribution is -0.0646. The van der Waals surface area contributed by atoms with Crippen LogP contribution >= 0.6 is 0 Å². The molecule has 3 aliphatic rings. The maximum atomic E-state index is 2.45. The third-order valence-corrected chi connectivity index (χ3v) is 3.78. The average molecular weight is 124 g/mol. The lowest BCUT2D eigenvalue weighted by Gasteiger charge is -2.56. The van der Waals surface area contributed by atoms with Gasteiger partial charge in [0.25, 0.3) is 0 Å². The summed E-state index contributed by atoms with van der Waals surface area (Å²) in [6, 6.07) is 0. The Morgan fingerprint density at radius 2 is 1.67 bits per heavy atom. The zero-order valence-corrected chi connectivity index (χ0v) is 6.48. The topological polar surface area (TPSA) is 0 Å². The molecule has 0 heterocycles. The Morgan fingerprint density at radius 1 is 1.11 bits per heavy atom. The summed E-state index contributed by atoms with van der Waals surface area (Å²) in [6.45, 7) is 4.90. The van der Waals surface area contributed by atoms with Gasteiger partial charge in [-0.3, -0.25) is 0 Å². The van der Waals surface area contributed by atoms with Gasteiger partial charge in [0.2, 0.25) is 0 Å². The number of hydrogen-bond donors (Lipinski definition) is 0. The van der Waals surface area contributed by atoms with Gasteiger partial charge in [-0.1, -0.05) is 20.3 Å². The fourth-order valence-corrected chi connectivity index (χ4v) is 2.71. The van der Waals surface area contributed by atoms with Gasteiger partial charge in [-0.25, -0.2) is 0 Å². The molecule has 0 nitrogen and oxygen atoms in total. The molecule has 3 fully saturated rings. The van der Waals surface area contributed by atoms with Crippen LogP contribution in [0.3, 0.4) is 0 Å². The molecule has 3 aliphatic carbocycles. The highest BCUT2D eigenvalue weighted by Crippen LogP contribution is 2.58. The van der Waals surface area contributed by atoms with Crippen molar-refractivity contribution in [3.63, 3.8) is 0 Å². The minimum atomic E-state index is 0.734. The lowest BCUT2D eigenvalue weighted by Crippen LogP contribution is -2.47. The van der Waals surface area contributed by atoms with Gasteiger partial charge in [0.1, 0.15) is 0 Å². The largest absolute Gasteiger partial charge is 0.0594 e. The second-order valence-electron chi connectivity index (χ2n) is 4.38. The van der Waals surface area contributed by atoms with Crippen molar-refractivity contribution in [1.29, 1.82) is 0 Å². The third-order valence-electron chi connectivity index (χ3n) is 3.78. The van der Waals surface area contributed by atoms with Crippen molar-refractivity contribution in [2.75, 3.05) is 0 Å². The molecule has 3 saturated carbocycles. The summed E-state index contributed by atoms with van der Waals surface area (Å²) in [5.74, 6) is 2.19. The van der Waals surface area contributed by atoms with E-state index in [2.05, 4.69) is 13.8 Å². The fourth-order valence-electron chi connectivity index (χ4n) is 2.71. The van der Waals surface area contributed by atoms with Crippen molar-refractivity contribution < 1.29 is 0 Å². The Morgan fingerprint density at radius 3 is 1.89 bits per heavy atom. The molecule has 0 aliphatic heterocycles. The Hall–Kier alpha value is 0. The molecule has 0 heteroatoms. The second-order valence-corrected chi connectivity index (χ2v) is 4.38. The van der Waals surface area contributed by atoms with Crippen molar-refractivity contribution in [3.8, 4) is 0 Å². The smallest absolute Gasteiger partial charge is 0.0297 e. The third kappa shape index (κ3) is 0.595. The zero-order chi connectivity index (χ0) is 6.48. The molecule has 2 atom stereocenters. The van der Waals surface area contributed by atoms with Crippen molar-refractivity contribution in [3.05, 3.63) is 0 Å². The van der Waals surface area contributed by atoms with E-state index >= 15 is 0 Å². The van der Waals surface area contributed by atoms with Gasteiger partial charge in [0.15, 0.2) is 0 Å². The van der Waals surface area contributed by atoms with Crippen LogP contribution in [0, 0.1) is 17.3 Å². The SMILES string of the molecule is CC1(C)[C@H]2CCC[C@H]1C2. The Bertz CT molecular complexity index is 108. The van der Waals surface area contributed by atoms with E-state index in [9.17, 15) is 0 Å². The first-order valence-corrected chi connectivity index (χ1v) is 4.21. The Balaban J connectivity index is 2.13. The van der Waals surface area contributed by atoms with Crippen LogP contribution in [0.15, 0.2) is 0 Å². The monoisotopic (exact) mass is 124 g/mol. The summed E-state index contributed by atoms with van der Waals surface area (Å²) >= 11 is 0. The molecule has 0 amide bonds. The molecular formula is C9H16. The van der Waals surface area contributed by atoms with Gasteiger partial charge in [-0.15, -0.1) is 0 Å². The van der Waals surface area contributed by atoms with Crippen molar-refractivity contribution >= 4 is 0 Å². The average Bonchev–Trinajstić information content (AvgIpc) is 1.89. The van der Waals surface area contributed by atoms with Gasteiger partial charge < -0.3 is 0 Å². The predicted octanol–water partition coefficient (Wildman–Crippen LogP) is 2.83. The molecule has 0 N–H and O–H groups in total. The molecule has 0 spiro atoms. The van der Waals surface area contributed by atoms with Crippen LogP contribution in [0.2, 0.25) is 0 Å². The van der Waals surface area contributed by atoms with Gasteiger partial charge in [-0.2, -0.15) is 0 Å². The van der Waals surface area contributed by atoms with Crippen LogP contribution in [0.4, 0.5) is 0 Å². The van der Waals surface area contributed by atoms with E-state index in [1.54, 1.807) is 6.42 Å². The van der Waals surface area contributed by atoms with Crippen LogP contribution in [-0.4, -0.2) is 0 Å². The van der Waals surface area contributed by atoms with E-state index in [0.717, 1.165) is 17.3 Å². The summed E-state index contributed by atoms with van der Waals surface area (Å²) in [7, 11) is 0. The zero-order valence-electron chi connectivity index (χ0n) is 6.48. The second kappa shape index (κ2) is 1.53. The number of hydrogen-bond acceptors (Lipinski definition) is 0. The van der Waals surface area contributed by atoms with Crippen molar-refractivity contribution in [2.24, 2.45) is 17.3 Å². The standard InChI is InChI=1S/C9H16/c1-9(2)7-4-3-5-8(9)6-7/h7-8H,3-6H2,1-2H3/t7-,8-/m0/s1. The van der Waals surface area contributed by atoms with Crippen LogP contribution in [-0.2, 0) is 0 Å². The van der Waals surface area contributed by atoms with E-state index in [1.165, 1.54) is 19.3 Å². The van der Waals surface area contributed by atoms with E-state index in [1.807, 2.05) is 0 Å². The van der Waals surface area contributed by atoms with Gasteiger partial charge in [0.05, 0.1) is 0 Å². The Kier molecular flexibility index (Phi) is 0.980. The molecule has 0 saturated heterocycles. The van der Waals surface area contributed by atoms with E-state index in [4.69, 9.17) is 0 Å². The highest BCUT2D eigenvalue weighted by atomic mass is 14.5. The fraction of sp³-hybridized carbons (Fsp3) is 1.00. The van der Waals surface area contributed by atoms with Crippen molar-refractivity contribution in [1.82, 2.24) is 0 Å². The molecule has 0 aromatic rings. The molecule has 52 valence electrons. The van der Waals surface area contributed by atoms with Crippen LogP contribution in [0.25, 0.3) is 0 Å². The van der Waals surface area contributed by atoms with E-state index < -0.39 is 0 Å². The highest BCUT2D eigenvalue weighted by Gasteiger charge is 2.49. The number of rotatable bonds is 0. The molecular weight excluding hydrogens is 108 g/mol. The molecule has 3 rings (SSSR count). The molecule has 2 bridgehead atoms. The van der Waals surface area contributed by atoms with Gasteiger partial charge >= 0.3 is 0 Å². The molecule has 0 radical (unpaired) electrons. The summed E-state index contributed by atoms with van der Waals surface area (Å²) in [5, 5.41) is 0. The van der Waals surface area contributed by atoms with Gasteiger partial charge in [-0.05, 0) is 36.5 Å².